The first kappa shape index (κ1) is 16.0. The van der Waals surface area contributed by atoms with Crippen LogP contribution in [0.25, 0.3) is 0 Å². The van der Waals surface area contributed by atoms with Crippen molar-refractivity contribution < 1.29 is 22.7 Å². The van der Waals surface area contributed by atoms with Crippen molar-refractivity contribution in [3.05, 3.63) is 17.1 Å². The summed E-state index contributed by atoms with van der Waals surface area (Å²) in [5.41, 5.74) is -0.244. The van der Waals surface area contributed by atoms with Gasteiger partial charge in [0.15, 0.2) is 0 Å². The zero-order valence-corrected chi connectivity index (χ0v) is 13.4. The fraction of sp³-hybridized carbons (Fsp3) is 0.643. The highest BCUT2D eigenvalue weighted by Gasteiger charge is 2.37. The molecule has 1 aliphatic heterocycles. The number of furan rings is 1. The molecule has 1 fully saturated rings. The molecule has 1 aromatic rings. The van der Waals surface area contributed by atoms with Crippen LogP contribution in [0, 0.1) is 19.8 Å². The maximum atomic E-state index is 12.8. The lowest BCUT2D eigenvalue weighted by molar-refractivity contribution is 0.0691. The van der Waals surface area contributed by atoms with Gasteiger partial charge in [-0.25, -0.2) is 13.2 Å². The predicted molar refractivity (Wildman–Crippen MR) is 76.9 cm³/mol. The van der Waals surface area contributed by atoms with E-state index < -0.39 is 16.0 Å². The van der Waals surface area contributed by atoms with Crippen molar-refractivity contribution in [2.24, 2.45) is 5.92 Å². The Morgan fingerprint density at radius 3 is 2.62 bits per heavy atom. The third-order valence-electron chi connectivity index (χ3n) is 4.08. The molecule has 6 nitrogen and oxygen atoms in total. The summed E-state index contributed by atoms with van der Waals surface area (Å²) >= 11 is 0. The molecule has 1 saturated heterocycles. The van der Waals surface area contributed by atoms with Crippen molar-refractivity contribution >= 4 is 16.0 Å². The molecule has 1 aromatic heterocycles. The van der Waals surface area contributed by atoms with E-state index in [1.807, 2.05) is 6.92 Å². The maximum absolute atomic E-state index is 12.8. The summed E-state index contributed by atoms with van der Waals surface area (Å²) in [5, 5.41) is 9.28. The Labute approximate surface area is 124 Å². The first-order chi connectivity index (χ1) is 9.78. The molecule has 7 heteroatoms. The number of carboxylic acid groups (broad SMARTS) is 1. The van der Waals surface area contributed by atoms with Crippen LogP contribution in [0.1, 0.15) is 48.1 Å². The highest BCUT2D eigenvalue weighted by Crippen LogP contribution is 2.32. The van der Waals surface area contributed by atoms with Gasteiger partial charge in [-0.3, -0.25) is 0 Å². The van der Waals surface area contributed by atoms with Crippen LogP contribution in [0.15, 0.2) is 9.31 Å². The van der Waals surface area contributed by atoms with Crippen LogP contribution in [0.4, 0.5) is 0 Å². The van der Waals surface area contributed by atoms with Gasteiger partial charge < -0.3 is 9.52 Å². The molecule has 0 aromatic carbocycles. The van der Waals surface area contributed by atoms with Crippen molar-refractivity contribution in [1.29, 1.82) is 0 Å². The van der Waals surface area contributed by atoms with Gasteiger partial charge in [0, 0.05) is 13.1 Å². The summed E-state index contributed by atoms with van der Waals surface area (Å²) in [6, 6.07) is 0. The monoisotopic (exact) mass is 315 g/mol. The standard InChI is InChI=1S/C14H21NO5S/c1-4-11-6-5-7-15(8-11)21(18,19)13-10(3)20-9(2)12(13)14(16)17/h11H,4-8H2,1-3H3,(H,16,17). The van der Waals surface area contributed by atoms with E-state index in [1.54, 1.807) is 0 Å². The van der Waals surface area contributed by atoms with Crippen molar-refractivity contribution in [2.45, 2.75) is 44.9 Å². The second-order valence-corrected chi connectivity index (χ2v) is 7.38. The van der Waals surface area contributed by atoms with E-state index >= 15 is 0 Å². The van der Waals surface area contributed by atoms with Crippen molar-refractivity contribution in [3.63, 3.8) is 0 Å². The average Bonchev–Trinajstić information content (AvgIpc) is 2.74. The predicted octanol–water partition coefficient (Wildman–Crippen LogP) is 2.41. The van der Waals surface area contributed by atoms with E-state index in [0.29, 0.717) is 19.0 Å². The highest BCUT2D eigenvalue weighted by molar-refractivity contribution is 7.89. The number of hydrogen-bond donors (Lipinski definition) is 1. The molecule has 0 aliphatic carbocycles. The summed E-state index contributed by atoms with van der Waals surface area (Å²) in [7, 11) is -3.83. The zero-order chi connectivity index (χ0) is 15.8. The number of aromatic carboxylic acids is 1. The van der Waals surface area contributed by atoms with Crippen molar-refractivity contribution in [1.82, 2.24) is 4.31 Å². The van der Waals surface area contributed by atoms with Crippen LogP contribution in [0.2, 0.25) is 0 Å². The maximum Gasteiger partial charge on any atom is 0.340 e. The van der Waals surface area contributed by atoms with E-state index in [4.69, 9.17) is 4.42 Å². The Balaban J connectivity index is 2.47. The minimum atomic E-state index is -3.83. The lowest BCUT2D eigenvalue weighted by Gasteiger charge is -2.31. The Morgan fingerprint density at radius 1 is 1.38 bits per heavy atom. The third kappa shape index (κ3) is 2.85. The minimum Gasteiger partial charge on any atom is -0.478 e. The summed E-state index contributed by atoms with van der Waals surface area (Å²) in [6.45, 7) is 5.88. The van der Waals surface area contributed by atoms with Crippen LogP contribution in [0.3, 0.4) is 0 Å². The fourth-order valence-corrected chi connectivity index (χ4v) is 4.86. The number of sulfonamides is 1. The van der Waals surface area contributed by atoms with E-state index in [2.05, 4.69) is 0 Å². The van der Waals surface area contributed by atoms with Gasteiger partial charge >= 0.3 is 5.97 Å². The Hall–Kier alpha value is -1.34. The van der Waals surface area contributed by atoms with Crippen LogP contribution in [0.5, 0.6) is 0 Å². The van der Waals surface area contributed by atoms with Gasteiger partial charge in [0.25, 0.3) is 0 Å². The van der Waals surface area contributed by atoms with Gasteiger partial charge in [0.05, 0.1) is 0 Å². The molecular formula is C14H21NO5S. The van der Waals surface area contributed by atoms with Gasteiger partial charge in [-0.1, -0.05) is 13.3 Å². The molecule has 0 spiro atoms. The van der Waals surface area contributed by atoms with Crippen molar-refractivity contribution in [2.75, 3.05) is 13.1 Å². The van der Waals surface area contributed by atoms with Crippen LogP contribution in [-0.4, -0.2) is 36.9 Å². The van der Waals surface area contributed by atoms with Gasteiger partial charge in [-0.2, -0.15) is 4.31 Å². The Morgan fingerprint density at radius 2 is 2.05 bits per heavy atom. The second-order valence-electron chi connectivity index (χ2n) is 5.50. The number of hydrogen-bond acceptors (Lipinski definition) is 4. The molecule has 0 radical (unpaired) electrons. The average molecular weight is 315 g/mol. The summed E-state index contributed by atoms with van der Waals surface area (Å²) in [6.07, 6.45) is 2.73. The molecule has 0 saturated carbocycles. The molecule has 2 heterocycles. The Bertz CT molecular complexity index is 647. The molecule has 0 bridgehead atoms. The number of carbonyl (C=O) groups is 1. The number of aryl methyl sites for hydroxylation is 2. The second kappa shape index (κ2) is 5.81. The molecule has 1 N–H and O–H groups in total. The number of piperidine rings is 1. The largest absolute Gasteiger partial charge is 0.478 e. The van der Waals surface area contributed by atoms with E-state index in [-0.39, 0.29) is 22.0 Å². The number of carboxylic acids is 1. The zero-order valence-electron chi connectivity index (χ0n) is 12.5. The molecule has 1 unspecified atom stereocenters. The quantitative estimate of drug-likeness (QED) is 0.921. The molecule has 118 valence electrons. The third-order valence-corrected chi connectivity index (χ3v) is 6.09. The van der Waals surface area contributed by atoms with Crippen LogP contribution >= 0.6 is 0 Å². The van der Waals surface area contributed by atoms with E-state index in [9.17, 15) is 18.3 Å². The van der Waals surface area contributed by atoms with Crippen LogP contribution < -0.4 is 0 Å². The van der Waals surface area contributed by atoms with Crippen LogP contribution in [-0.2, 0) is 10.0 Å². The normalized spacial score (nSPS) is 20.6. The fourth-order valence-electron chi connectivity index (χ4n) is 2.93. The summed E-state index contributed by atoms with van der Waals surface area (Å²) in [5.74, 6) is -0.673. The number of nitrogens with zero attached hydrogens (tertiary/aromatic N) is 1. The topological polar surface area (TPSA) is 87.8 Å². The van der Waals surface area contributed by atoms with Gasteiger partial charge in [-0.15, -0.1) is 0 Å². The van der Waals surface area contributed by atoms with Gasteiger partial charge in [0.1, 0.15) is 22.0 Å². The molecule has 0 amide bonds. The molecule has 1 atom stereocenters. The first-order valence-corrected chi connectivity index (χ1v) is 8.56. The molecule has 21 heavy (non-hydrogen) atoms. The lowest BCUT2D eigenvalue weighted by Crippen LogP contribution is -2.40. The Kier molecular flexibility index (Phi) is 4.43. The van der Waals surface area contributed by atoms with E-state index in [0.717, 1.165) is 19.3 Å². The smallest absolute Gasteiger partial charge is 0.340 e. The van der Waals surface area contributed by atoms with Gasteiger partial charge in [-0.05, 0) is 32.6 Å². The minimum absolute atomic E-state index is 0.127. The van der Waals surface area contributed by atoms with Crippen molar-refractivity contribution in [3.8, 4) is 0 Å². The SMILES string of the molecule is CCC1CCCN(S(=O)(=O)c2c(C)oc(C)c2C(=O)O)C1. The summed E-state index contributed by atoms with van der Waals surface area (Å²) < 4.78 is 32.3. The number of rotatable bonds is 4. The summed E-state index contributed by atoms with van der Waals surface area (Å²) in [4.78, 5) is 11.2. The molecule has 1 aliphatic rings. The first-order valence-electron chi connectivity index (χ1n) is 7.12. The molecule has 2 rings (SSSR count). The van der Waals surface area contributed by atoms with Gasteiger partial charge in [0.2, 0.25) is 10.0 Å². The highest BCUT2D eigenvalue weighted by atomic mass is 32.2. The molecular weight excluding hydrogens is 294 g/mol. The lowest BCUT2D eigenvalue weighted by atomic mass is 9.97. The van der Waals surface area contributed by atoms with E-state index in [1.165, 1.54) is 18.2 Å².